The topological polar surface area (TPSA) is 53.0 Å². The average Bonchev–Trinajstić information content (AvgIpc) is 2.11. The third-order valence-electron chi connectivity index (χ3n) is 3.23. The SMILES string of the molecule is CC1CCN(CC(C)(N)C#N)CC1C. The first kappa shape index (κ1) is 11.5. The Balaban J connectivity index is 2.45. The van der Waals surface area contributed by atoms with Crippen molar-refractivity contribution in [3.8, 4) is 6.07 Å². The van der Waals surface area contributed by atoms with E-state index in [0.29, 0.717) is 6.54 Å². The molecule has 1 aliphatic heterocycles. The number of rotatable bonds is 2. The zero-order chi connectivity index (χ0) is 10.8. The van der Waals surface area contributed by atoms with E-state index in [0.717, 1.165) is 24.9 Å². The third kappa shape index (κ3) is 2.97. The number of likely N-dealkylation sites (tertiary alicyclic amines) is 1. The first-order valence-corrected chi connectivity index (χ1v) is 5.37. The summed E-state index contributed by atoms with van der Waals surface area (Å²) in [5.74, 6) is 1.52. The van der Waals surface area contributed by atoms with E-state index in [1.165, 1.54) is 6.42 Å². The number of hydrogen-bond acceptors (Lipinski definition) is 3. The van der Waals surface area contributed by atoms with Gasteiger partial charge in [-0.3, -0.25) is 0 Å². The second-order valence-corrected chi connectivity index (χ2v) is 5.01. The summed E-state index contributed by atoms with van der Waals surface area (Å²) < 4.78 is 0. The minimum Gasteiger partial charge on any atom is -0.313 e. The first-order chi connectivity index (χ1) is 6.44. The summed E-state index contributed by atoms with van der Waals surface area (Å²) in [4.78, 5) is 2.31. The lowest BCUT2D eigenvalue weighted by Crippen LogP contribution is -2.50. The van der Waals surface area contributed by atoms with Gasteiger partial charge in [0, 0.05) is 13.1 Å². The Morgan fingerprint density at radius 2 is 2.14 bits per heavy atom. The second kappa shape index (κ2) is 4.29. The number of piperidine rings is 1. The Morgan fingerprint density at radius 1 is 1.50 bits per heavy atom. The lowest BCUT2D eigenvalue weighted by molar-refractivity contribution is 0.125. The van der Waals surface area contributed by atoms with Crippen molar-refractivity contribution in [1.29, 1.82) is 5.26 Å². The molecule has 0 spiro atoms. The van der Waals surface area contributed by atoms with Gasteiger partial charge in [-0.05, 0) is 31.7 Å². The van der Waals surface area contributed by atoms with Crippen LogP contribution >= 0.6 is 0 Å². The molecule has 3 nitrogen and oxygen atoms in total. The molecule has 0 aromatic carbocycles. The van der Waals surface area contributed by atoms with Crippen molar-refractivity contribution in [1.82, 2.24) is 4.90 Å². The van der Waals surface area contributed by atoms with Crippen LogP contribution < -0.4 is 5.73 Å². The van der Waals surface area contributed by atoms with E-state index in [-0.39, 0.29) is 0 Å². The van der Waals surface area contributed by atoms with E-state index in [4.69, 9.17) is 11.0 Å². The molecule has 1 saturated heterocycles. The fourth-order valence-electron chi connectivity index (χ4n) is 1.99. The highest BCUT2D eigenvalue weighted by molar-refractivity contribution is 5.03. The molecule has 1 aliphatic rings. The maximum Gasteiger partial charge on any atom is 0.114 e. The summed E-state index contributed by atoms with van der Waals surface area (Å²) in [6, 6.07) is 2.15. The van der Waals surface area contributed by atoms with E-state index in [1.807, 2.05) is 0 Å². The molecule has 80 valence electrons. The van der Waals surface area contributed by atoms with Gasteiger partial charge in [-0.1, -0.05) is 13.8 Å². The van der Waals surface area contributed by atoms with Gasteiger partial charge in [0.2, 0.25) is 0 Å². The van der Waals surface area contributed by atoms with E-state index < -0.39 is 5.54 Å². The van der Waals surface area contributed by atoms with Crippen LogP contribution in [0.15, 0.2) is 0 Å². The molecule has 0 radical (unpaired) electrons. The Kier molecular flexibility index (Phi) is 3.52. The van der Waals surface area contributed by atoms with Crippen LogP contribution in [0.25, 0.3) is 0 Å². The van der Waals surface area contributed by atoms with Crippen LogP contribution in [-0.2, 0) is 0 Å². The minimum atomic E-state index is -0.694. The zero-order valence-electron chi connectivity index (χ0n) is 9.45. The highest BCUT2D eigenvalue weighted by atomic mass is 15.2. The van der Waals surface area contributed by atoms with E-state index >= 15 is 0 Å². The molecular weight excluding hydrogens is 174 g/mol. The highest BCUT2D eigenvalue weighted by Crippen LogP contribution is 2.23. The maximum absolute atomic E-state index is 8.84. The highest BCUT2D eigenvalue weighted by Gasteiger charge is 2.27. The van der Waals surface area contributed by atoms with Gasteiger partial charge in [-0.2, -0.15) is 5.26 Å². The van der Waals surface area contributed by atoms with Crippen molar-refractivity contribution in [3.05, 3.63) is 0 Å². The number of nitrogens with zero attached hydrogens (tertiary/aromatic N) is 2. The van der Waals surface area contributed by atoms with Gasteiger partial charge < -0.3 is 10.6 Å². The summed E-state index contributed by atoms with van der Waals surface area (Å²) in [5, 5.41) is 8.84. The summed E-state index contributed by atoms with van der Waals surface area (Å²) >= 11 is 0. The molecule has 14 heavy (non-hydrogen) atoms. The quantitative estimate of drug-likeness (QED) is 0.720. The van der Waals surface area contributed by atoms with E-state index in [2.05, 4.69) is 24.8 Å². The summed E-state index contributed by atoms with van der Waals surface area (Å²) in [6.07, 6.45) is 1.22. The molecule has 1 fully saturated rings. The van der Waals surface area contributed by atoms with Crippen molar-refractivity contribution >= 4 is 0 Å². The van der Waals surface area contributed by atoms with Gasteiger partial charge in [-0.25, -0.2) is 0 Å². The zero-order valence-corrected chi connectivity index (χ0v) is 9.45. The van der Waals surface area contributed by atoms with Crippen LogP contribution in [-0.4, -0.2) is 30.1 Å². The molecule has 0 bridgehead atoms. The largest absolute Gasteiger partial charge is 0.313 e. The molecule has 1 heterocycles. The molecule has 0 aromatic rings. The van der Waals surface area contributed by atoms with Gasteiger partial charge in [-0.15, -0.1) is 0 Å². The molecule has 3 atom stereocenters. The van der Waals surface area contributed by atoms with Crippen LogP contribution in [0, 0.1) is 23.2 Å². The van der Waals surface area contributed by atoms with Crippen molar-refractivity contribution in [2.75, 3.05) is 19.6 Å². The summed E-state index contributed by atoms with van der Waals surface area (Å²) in [7, 11) is 0. The smallest absolute Gasteiger partial charge is 0.114 e. The Bertz CT molecular complexity index is 229. The van der Waals surface area contributed by atoms with Gasteiger partial charge >= 0.3 is 0 Å². The Labute approximate surface area is 86.9 Å². The fourth-order valence-corrected chi connectivity index (χ4v) is 1.99. The van der Waals surface area contributed by atoms with Crippen molar-refractivity contribution in [2.45, 2.75) is 32.7 Å². The normalized spacial score (nSPS) is 33.4. The van der Waals surface area contributed by atoms with Crippen LogP contribution in [0.3, 0.4) is 0 Å². The predicted octanol–water partition coefficient (Wildman–Crippen LogP) is 1.21. The lowest BCUT2D eigenvalue weighted by atomic mass is 9.88. The van der Waals surface area contributed by atoms with Crippen molar-refractivity contribution in [3.63, 3.8) is 0 Å². The monoisotopic (exact) mass is 195 g/mol. The van der Waals surface area contributed by atoms with E-state index in [9.17, 15) is 0 Å². The molecule has 3 unspecified atom stereocenters. The third-order valence-corrected chi connectivity index (χ3v) is 3.23. The maximum atomic E-state index is 8.84. The first-order valence-electron chi connectivity index (χ1n) is 5.37. The number of nitriles is 1. The van der Waals surface area contributed by atoms with Crippen LogP contribution in [0.2, 0.25) is 0 Å². The van der Waals surface area contributed by atoms with Crippen molar-refractivity contribution < 1.29 is 0 Å². The molecule has 1 rings (SSSR count). The van der Waals surface area contributed by atoms with Gasteiger partial charge in [0.1, 0.15) is 5.54 Å². The lowest BCUT2D eigenvalue weighted by Gasteiger charge is -2.37. The molecule has 0 aliphatic carbocycles. The van der Waals surface area contributed by atoms with Crippen LogP contribution in [0.1, 0.15) is 27.2 Å². The Morgan fingerprint density at radius 3 is 2.64 bits per heavy atom. The predicted molar refractivity (Wildman–Crippen MR) is 57.6 cm³/mol. The molecular formula is C11H21N3. The van der Waals surface area contributed by atoms with Gasteiger partial charge in [0.15, 0.2) is 0 Å². The van der Waals surface area contributed by atoms with Crippen molar-refractivity contribution in [2.24, 2.45) is 17.6 Å². The standard InChI is InChI=1S/C11H21N3/c1-9-4-5-14(6-10(9)2)8-11(3,13)7-12/h9-10H,4-6,8,13H2,1-3H3. The molecule has 0 saturated carbocycles. The summed E-state index contributed by atoms with van der Waals surface area (Å²) in [6.45, 7) is 9.23. The second-order valence-electron chi connectivity index (χ2n) is 5.01. The van der Waals surface area contributed by atoms with Gasteiger partial charge in [0.05, 0.1) is 6.07 Å². The molecule has 0 aromatic heterocycles. The van der Waals surface area contributed by atoms with Crippen LogP contribution in [0.5, 0.6) is 0 Å². The molecule has 0 amide bonds. The molecule has 2 N–H and O–H groups in total. The minimum absolute atomic E-state index is 0.694. The Hall–Kier alpha value is -0.590. The molecule has 3 heteroatoms. The van der Waals surface area contributed by atoms with E-state index in [1.54, 1.807) is 6.92 Å². The van der Waals surface area contributed by atoms with Gasteiger partial charge in [0.25, 0.3) is 0 Å². The summed E-state index contributed by atoms with van der Waals surface area (Å²) in [5.41, 5.74) is 5.13. The van der Waals surface area contributed by atoms with Crippen LogP contribution in [0.4, 0.5) is 0 Å². The number of nitrogens with two attached hydrogens (primary N) is 1. The fraction of sp³-hybridized carbons (Fsp3) is 0.909. The number of hydrogen-bond donors (Lipinski definition) is 1. The average molecular weight is 195 g/mol.